The van der Waals surface area contributed by atoms with E-state index in [1.165, 1.54) is 0 Å². The second-order valence-corrected chi connectivity index (χ2v) is 7.24. The third-order valence-electron chi connectivity index (χ3n) is 5.16. The van der Waals surface area contributed by atoms with Crippen molar-refractivity contribution in [2.24, 2.45) is 23.7 Å². The molecule has 0 spiro atoms. The number of carbonyl (C=O) groups is 2. The second kappa shape index (κ2) is 4.98. The predicted molar refractivity (Wildman–Crippen MR) is 82.8 cm³/mol. The van der Waals surface area contributed by atoms with Crippen LogP contribution in [0.4, 0.5) is 5.69 Å². The molecule has 2 bridgehead atoms. The molecule has 1 saturated heterocycles. The Morgan fingerprint density at radius 3 is 3.00 bits per heavy atom. The Bertz CT molecular complexity index is 649. The van der Waals surface area contributed by atoms with Gasteiger partial charge in [-0.25, -0.2) is 0 Å². The van der Waals surface area contributed by atoms with E-state index >= 15 is 0 Å². The van der Waals surface area contributed by atoms with Crippen molar-refractivity contribution >= 4 is 33.5 Å². The van der Waals surface area contributed by atoms with Crippen molar-refractivity contribution in [1.82, 2.24) is 0 Å². The molecule has 2 aliphatic carbocycles. The highest BCUT2D eigenvalue weighted by atomic mass is 79.9. The zero-order valence-electron chi connectivity index (χ0n) is 12.0. The lowest BCUT2D eigenvalue weighted by molar-refractivity contribution is -0.145. The fraction of sp³-hybridized carbons (Fsp3) is 0.500. The van der Waals surface area contributed by atoms with Crippen LogP contribution in [0.15, 0.2) is 24.3 Å². The van der Waals surface area contributed by atoms with Gasteiger partial charge in [0.2, 0.25) is 5.91 Å². The van der Waals surface area contributed by atoms with Crippen LogP contribution in [-0.2, 0) is 14.3 Å². The van der Waals surface area contributed by atoms with E-state index in [-0.39, 0.29) is 46.5 Å². The maximum absolute atomic E-state index is 12.7. The zero-order valence-corrected chi connectivity index (χ0v) is 13.6. The van der Waals surface area contributed by atoms with Crippen LogP contribution in [0.3, 0.4) is 0 Å². The summed E-state index contributed by atoms with van der Waals surface area (Å²) in [5, 5.41) is 2.92. The Balaban J connectivity index is 1.57. The Morgan fingerprint density at radius 1 is 1.41 bits per heavy atom. The SMILES string of the molecule is COc1cccc(NC(=O)C2C3CC4C(OC(=O)C42)C3Br)c1. The summed E-state index contributed by atoms with van der Waals surface area (Å²) >= 11 is 3.62. The molecule has 4 rings (SSSR count). The van der Waals surface area contributed by atoms with E-state index in [1.54, 1.807) is 13.2 Å². The van der Waals surface area contributed by atoms with Crippen molar-refractivity contribution in [1.29, 1.82) is 0 Å². The molecule has 1 heterocycles. The lowest BCUT2D eigenvalue weighted by atomic mass is 9.79. The highest BCUT2D eigenvalue weighted by Gasteiger charge is 2.67. The molecular formula is C16H16BrNO4. The van der Waals surface area contributed by atoms with Crippen LogP contribution in [0.2, 0.25) is 0 Å². The van der Waals surface area contributed by atoms with E-state index in [0.717, 1.165) is 6.42 Å². The quantitative estimate of drug-likeness (QED) is 0.658. The molecule has 0 radical (unpaired) electrons. The fourth-order valence-electron chi connectivity index (χ4n) is 4.26. The summed E-state index contributed by atoms with van der Waals surface area (Å²) in [6.45, 7) is 0. The molecule has 1 aliphatic heterocycles. The maximum atomic E-state index is 12.7. The molecule has 22 heavy (non-hydrogen) atoms. The number of nitrogens with one attached hydrogen (secondary N) is 1. The summed E-state index contributed by atoms with van der Waals surface area (Å²) in [6, 6.07) is 7.23. The van der Waals surface area contributed by atoms with Gasteiger partial charge >= 0.3 is 5.97 Å². The molecule has 1 aromatic carbocycles. The molecule has 1 aromatic rings. The summed E-state index contributed by atoms with van der Waals surface area (Å²) in [5.74, 6) is 0.114. The number of fused-ring (bicyclic) bond motifs is 1. The van der Waals surface area contributed by atoms with Crippen LogP contribution in [0.5, 0.6) is 5.75 Å². The summed E-state index contributed by atoms with van der Waals surface area (Å²) in [6.07, 6.45) is 0.830. The third-order valence-corrected chi connectivity index (χ3v) is 6.36. The van der Waals surface area contributed by atoms with Crippen molar-refractivity contribution in [3.63, 3.8) is 0 Å². The van der Waals surface area contributed by atoms with Crippen molar-refractivity contribution in [2.45, 2.75) is 17.4 Å². The van der Waals surface area contributed by atoms with Crippen LogP contribution in [0.1, 0.15) is 6.42 Å². The molecule has 5 nitrogen and oxygen atoms in total. The monoisotopic (exact) mass is 365 g/mol. The number of rotatable bonds is 3. The van der Waals surface area contributed by atoms with Crippen LogP contribution in [0, 0.1) is 23.7 Å². The number of anilines is 1. The van der Waals surface area contributed by atoms with Crippen molar-refractivity contribution in [3.05, 3.63) is 24.3 Å². The minimum atomic E-state index is -0.313. The summed E-state index contributed by atoms with van der Waals surface area (Å²) < 4.78 is 10.6. The smallest absolute Gasteiger partial charge is 0.310 e. The van der Waals surface area contributed by atoms with E-state index in [1.807, 2.05) is 18.2 Å². The first-order valence-corrected chi connectivity index (χ1v) is 8.31. The van der Waals surface area contributed by atoms with E-state index in [9.17, 15) is 9.59 Å². The first-order valence-electron chi connectivity index (χ1n) is 7.39. The van der Waals surface area contributed by atoms with E-state index in [4.69, 9.17) is 9.47 Å². The van der Waals surface area contributed by atoms with Crippen molar-refractivity contribution < 1.29 is 19.1 Å². The van der Waals surface area contributed by atoms with Gasteiger partial charge in [0, 0.05) is 17.7 Å². The maximum Gasteiger partial charge on any atom is 0.310 e. The molecule has 3 fully saturated rings. The number of amides is 1. The summed E-state index contributed by atoms with van der Waals surface area (Å²) in [4.78, 5) is 24.9. The molecule has 6 heteroatoms. The third kappa shape index (κ3) is 1.89. The number of carbonyl (C=O) groups excluding carboxylic acids is 2. The Labute approximate surface area is 136 Å². The lowest BCUT2D eigenvalue weighted by Gasteiger charge is -2.27. The lowest BCUT2D eigenvalue weighted by Crippen LogP contribution is -2.40. The molecule has 0 aromatic heterocycles. The van der Waals surface area contributed by atoms with Crippen LogP contribution in [0.25, 0.3) is 0 Å². The van der Waals surface area contributed by atoms with Gasteiger partial charge in [-0.1, -0.05) is 22.0 Å². The van der Waals surface area contributed by atoms with Gasteiger partial charge in [0.15, 0.2) is 0 Å². The number of esters is 1. The Hall–Kier alpha value is -1.56. The topological polar surface area (TPSA) is 64.6 Å². The molecule has 6 unspecified atom stereocenters. The van der Waals surface area contributed by atoms with E-state index in [2.05, 4.69) is 21.2 Å². The largest absolute Gasteiger partial charge is 0.497 e. The van der Waals surface area contributed by atoms with Crippen molar-refractivity contribution in [2.75, 3.05) is 12.4 Å². The number of benzene rings is 1. The number of alkyl halides is 1. The van der Waals surface area contributed by atoms with E-state index < -0.39 is 0 Å². The number of hydrogen-bond acceptors (Lipinski definition) is 4. The summed E-state index contributed by atoms with van der Waals surface area (Å²) in [5.41, 5.74) is 0.682. The fourth-order valence-corrected chi connectivity index (χ4v) is 5.30. The van der Waals surface area contributed by atoms with Gasteiger partial charge in [0.25, 0.3) is 0 Å². The number of ether oxygens (including phenoxy) is 2. The van der Waals surface area contributed by atoms with Gasteiger partial charge in [-0.3, -0.25) is 9.59 Å². The minimum absolute atomic E-state index is 0.0524. The Kier molecular flexibility index (Phi) is 3.18. The number of methoxy groups -OCH3 is 1. The van der Waals surface area contributed by atoms with Crippen LogP contribution in [-0.4, -0.2) is 29.9 Å². The molecule has 3 aliphatic rings. The number of halogens is 1. The van der Waals surface area contributed by atoms with E-state index in [0.29, 0.717) is 11.4 Å². The standard InChI is InChI=1S/C16H16BrNO4/c1-21-8-4-2-3-7(5-8)18-15(19)11-9-6-10-12(11)16(20)22-14(10)13(9)17/h2-5,9-14H,6H2,1H3,(H,18,19). The molecule has 2 saturated carbocycles. The average molecular weight is 366 g/mol. The molecule has 1 N–H and O–H groups in total. The molecular weight excluding hydrogens is 350 g/mol. The van der Waals surface area contributed by atoms with Gasteiger partial charge in [0.05, 0.1) is 23.8 Å². The van der Waals surface area contributed by atoms with Gasteiger partial charge in [-0.15, -0.1) is 0 Å². The summed E-state index contributed by atoms with van der Waals surface area (Å²) in [7, 11) is 1.58. The highest BCUT2D eigenvalue weighted by Crippen LogP contribution is 2.60. The highest BCUT2D eigenvalue weighted by molar-refractivity contribution is 9.09. The first kappa shape index (κ1) is 14.1. The van der Waals surface area contributed by atoms with Gasteiger partial charge < -0.3 is 14.8 Å². The first-order chi connectivity index (χ1) is 10.6. The second-order valence-electron chi connectivity index (χ2n) is 6.18. The van der Waals surface area contributed by atoms with Crippen LogP contribution >= 0.6 is 15.9 Å². The van der Waals surface area contributed by atoms with Crippen LogP contribution < -0.4 is 10.1 Å². The average Bonchev–Trinajstić information content (AvgIpc) is 3.11. The van der Waals surface area contributed by atoms with Gasteiger partial charge in [-0.2, -0.15) is 0 Å². The number of hydrogen-bond donors (Lipinski definition) is 1. The Morgan fingerprint density at radius 2 is 2.23 bits per heavy atom. The molecule has 1 amide bonds. The predicted octanol–water partition coefficient (Wildman–Crippen LogP) is 2.20. The normalized spacial score (nSPS) is 38.0. The zero-order chi connectivity index (χ0) is 15.4. The molecule has 6 atom stereocenters. The van der Waals surface area contributed by atoms with Crippen molar-refractivity contribution in [3.8, 4) is 5.75 Å². The molecule has 116 valence electrons. The minimum Gasteiger partial charge on any atom is -0.497 e. The van der Waals surface area contributed by atoms with Gasteiger partial charge in [0.1, 0.15) is 11.9 Å². The van der Waals surface area contributed by atoms with Gasteiger partial charge in [-0.05, 0) is 24.5 Å².